The third-order valence-electron chi connectivity index (χ3n) is 7.60. The minimum Gasteiger partial charge on any atom is -0.192 e. The molecule has 1 heterocycles. The molecule has 4 aromatic carbocycles. The summed E-state index contributed by atoms with van der Waals surface area (Å²) >= 11 is 0. The smallest absolute Gasteiger partial charge is 0.120 e. The second-order valence-electron chi connectivity index (χ2n) is 9.41. The highest BCUT2D eigenvalue weighted by molar-refractivity contribution is 7.14. The van der Waals surface area contributed by atoms with Crippen molar-refractivity contribution in [3.05, 3.63) is 143 Å². The highest BCUT2D eigenvalue weighted by atomic mass is 28.3. The van der Waals surface area contributed by atoms with Crippen LogP contribution in [-0.2, 0) is 0 Å². The predicted octanol–water partition coefficient (Wildman–Crippen LogP) is 8.53. The number of allylic oxidation sites excluding steroid dienone is 2. The number of benzene rings is 4. The fraction of sp³-hybridized carbons (Fsp3) is 0.118. The van der Waals surface area contributed by atoms with Crippen LogP contribution in [0.3, 0.4) is 0 Å². The molecule has 0 fully saturated rings. The summed E-state index contributed by atoms with van der Waals surface area (Å²) in [6, 6.07) is 44.3. The number of rotatable bonds is 6. The zero-order valence-electron chi connectivity index (χ0n) is 21.2. The Balaban J connectivity index is 1.98. The summed E-state index contributed by atoms with van der Waals surface area (Å²) in [5.74, 6) is 0. The molecule has 0 bridgehead atoms. The molecule has 0 spiro atoms. The van der Waals surface area contributed by atoms with Gasteiger partial charge in [0.1, 0.15) is 8.07 Å². The van der Waals surface area contributed by atoms with Crippen molar-refractivity contribution in [1.29, 1.82) is 10.5 Å². The number of nitrogens with zero attached hydrogens (tertiary/aromatic N) is 2. The van der Waals surface area contributed by atoms with E-state index in [4.69, 9.17) is 0 Å². The van der Waals surface area contributed by atoms with Crippen LogP contribution in [0.4, 0.5) is 0 Å². The van der Waals surface area contributed by atoms with Crippen LogP contribution in [0, 0.1) is 22.7 Å². The minimum atomic E-state index is -2.34. The molecule has 0 saturated carbocycles. The van der Waals surface area contributed by atoms with E-state index in [1.165, 1.54) is 32.7 Å². The second kappa shape index (κ2) is 10.3. The van der Waals surface area contributed by atoms with Crippen molar-refractivity contribution in [2.75, 3.05) is 0 Å². The van der Waals surface area contributed by atoms with E-state index >= 15 is 0 Å². The Kier molecular flexibility index (Phi) is 6.74. The summed E-state index contributed by atoms with van der Waals surface area (Å²) in [7, 11) is -2.34. The number of hydrogen-bond acceptors (Lipinski definition) is 2. The fourth-order valence-corrected chi connectivity index (χ4v) is 11.0. The Bertz CT molecular complexity index is 1480. The van der Waals surface area contributed by atoms with Gasteiger partial charge in [0.05, 0.1) is 23.3 Å². The quantitative estimate of drug-likeness (QED) is 0.253. The van der Waals surface area contributed by atoms with Gasteiger partial charge in [-0.3, -0.25) is 0 Å². The summed E-state index contributed by atoms with van der Waals surface area (Å²) < 4.78 is 0. The van der Waals surface area contributed by atoms with Crippen LogP contribution in [0.15, 0.2) is 109 Å². The zero-order valence-corrected chi connectivity index (χ0v) is 22.2. The van der Waals surface area contributed by atoms with Gasteiger partial charge < -0.3 is 0 Å². The largest absolute Gasteiger partial charge is 0.192 e. The molecule has 0 atom stereocenters. The molecule has 0 aliphatic carbocycles. The average Bonchev–Trinajstić information content (AvgIpc) is 3.29. The van der Waals surface area contributed by atoms with Crippen LogP contribution >= 0.6 is 0 Å². The molecule has 0 saturated heterocycles. The fourth-order valence-electron chi connectivity index (χ4n) is 5.93. The Morgan fingerprint density at radius 2 is 0.892 bits per heavy atom. The van der Waals surface area contributed by atoms with Crippen LogP contribution in [0.2, 0.25) is 12.1 Å². The van der Waals surface area contributed by atoms with Gasteiger partial charge in [-0.25, -0.2) is 0 Å². The summed E-state index contributed by atoms with van der Waals surface area (Å²) in [5, 5.41) is 22.3. The second-order valence-corrected chi connectivity index (χ2v) is 14.0. The van der Waals surface area contributed by atoms with Crippen molar-refractivity contribution < 1.29 is 0 Å². The van der Waals surface area contributed by atoms with Gasteiger partial charge in [0.15, 0.2) is 0 Å². The van der Waals surface area contributed by atoms with Crippen LogP contribution in [0.25, 0.3) is 21.5 Å². The van der Waals surface area contributed by atoms with Crippen LogP contribution in [0.5, 0.6) is 0 Å². The first kappa shape index (κ1) is 24.3. The maximum Gasteiger partial charge on any atom is 0.120 e. The van der Waals surface area contributed by atoms with Crippen LogP contribution in [0.1, 0.15) is 47.2 Å². The van der Waals surface area contributed by atoms with E-state index in [9.17, 15) is 10.5 Å². The van der Waals surface area contributed by atoms with Crippen molar-refractivity contribution >= 4 is 29.6 Å². The van der Waals surface area contributed by atoms with Gasteiger partial charge in [-0.1, -0.05) is 111 Å². The Hall–Kier alpha value is -4.44. The molecule has 4 aromatic rings. The molecule has 0 radical (unpaired) electrons. The third kappa shape index (κ3) is 4.14. The molecule has 1 aliphatic rings. The molecular formula is C34H28N2Si. The molecule has 3 heteroatoms. The molecular weight excluding hydrogens is 464 g/mol. The van der Waals surface area contributed by atoms with E-state index in [1.807, 2.05) is 24.3 Å². The number of hydrogen-bond donors (Lipinski definition) is 0. The first-order chi connectivity index (χ1) is 18.2. The van der Waals surface area contributed by atoms with E-state index < -0.39 is 8.07 Å². The molecule has 37 heavy (non-hydrogen) atoms. The van der Waals surface area contributed by atoms with Gasteiger partial charge in [0.25, 0.3) is 0 Å². The third-order valence-corrected chi connectivity index (χ3v) is 13.0. The number of nitriles is 2. The van der Waals surface area contributed by atoms with E-state index in [-0.39, 0.29) is 0 Å². The van der Waals surface area contributed by atoms with Gasteiger partial charge in [-0.05, 0) is 68.1 Å². The Morgan fingerprint density at radius 1 is 0.514 bits per heavy atom. The molecule has 2 nitrogen and oxygen atoms in total. The van der Waals surface area contributed by atoms with Gasteiger partial charge in [-0.15, -0.1) is 0 Å². The molecule has 0 aromatic heterocycles. The monoisotopic (exact) mass is 492 g/mol. The lowest BCUT2D eigenvalue weighted by Gasteiger charge is -2.33. The van der Waals surface area contributed by atoms with E-state index in [0.717, 1.165) is 23.2 Å². The van der Waals surface area contributed by atoms with Crippen molar-refractivity contribution in [3.8, 4) is 12.1 Å². The van der Waals surface area contributed by atoms with E-state index in [1.54, 1.807) is 0 Å². The lowest BCUT2D eigenvalue weighted by atomic mass is 9.89. The normalized spacial score (nSPS) is 14.4. The van der Waals surface area contributed by atoms with Crippen molar-refractivity contribution in [2.45, 2.75) is 25.9 Å². The minimum absolute atomic E-state index is 0.675. The molecule has 0 unspecified atom stereocenters. The molecule has 178 valence electrons. The summed E-state index contributed by atoms with van der Waals surface area (Å²) in [4.78, 5) is 0. The van der Waals surface area contributed by atoms with E-state index in [2.05, 4.69) is 111 Å². The molecule has 5 rings (SSSR count). The molecule has 0 N–H and O–H groups in total. The summed E-state index contributed by atoms with van der Waals surface area (Å²) in [5.41, 5.74) is 8.50. The highest BCUT2D eigenvalue weighted by Gasteiger charge is 2.48. The van der Waals surface area contributed by atoms with Crippen molar-refractivity contribution in [2.24, 2.45) is 0 Å². The van der Waals surface area contributed by atoms with E-state index in [0.29, 0.717) is 11.1 Å². The first-order valence-electron chi connectivity index (χ1n) is 12.8. The summed E-state index contributed by atoms with van der Waals surface area (Å²) in [6.45, 7) is 4.63. The van der Waals surface area contributed by atoms with Gasteiger partial charge in [0.2, 0.25) is 0 Å². The zero-order chi connectivity index (χ0) is 25.8. The standard InChI is InChI=1S/C34H28N2Si/c1-3-37(4-2)33(29-19-11-13-25(21-29)23-35)31(27-15-7-5-8-16-27)32(28-17-9-6-10-18-28)34(37)30-20-12-14-26(22-30)24-36/h5-22H,3-4H2,1-2H3. The Labute approximate surface area is 220 Å². The SMILES string of the molecule is CC[Si]1(CC)C(c2cccc(C#N)c2)=C(c2ccccc2)C(c2ccccc2)=C1c1cccc(C#N)c1. The Morgan fingerprint density at radius 3 is 1.24 bits per heavy atom. The summed E-state index contributed by atoms with van der Waals surface area (Å²) in [6.07, 6.45) is 0. The predicted molar refractivity (Wildman–Crippen MR) is 156 cm³/mol. The van der Waals surface area contributed by atoms with Gasteiger partial charge >= 0.3 is 0 Å². The first-order valence-corrected chi connectivity index (χ1v) is 15.2. The van der Waals surface area contributed by atoms with Crippen molar-refractivity contribution in [3.63, 3.8) is 0 Å². The molecule has 1 aliphatic heterocycles. The maximum atomic E-state index is 9.75. The maximum absolute atomic E-state index is 9.75. The lowest BCUT2D eigenvalue weighted by Crippen LogP contribution is -2.35. The lowest BCUT2D eigenvalue weighted by molar-refractivity contribution is 1.30. The topological polar surface area (TPSA) is 47.6 Å². The van der Waals surface area contributed by atoms with Gasteiger partial charge in [0, 0.05) is 0 Å². The average molecular weight is 493 g/mol. The van der Waals surface area contributed by atoms with Gasteiger partial charge in [-0.2, -0.15) is 10.5 Å². The molecule has 0 amide bonds. The van der Waals surface area contributed by atoms with Crippen LogP contribution in [-0.4, -0.2) is 8.07 Å². The van der Waals surface area contributed by atoms with Crippen LogP contribution < -0.4 is 0 Å². The highest BCUT2D eigenvalue weighted by Crippen LogP contribution is 2.58. The van der Waals surface area contributed by atoms with Crippen molar-refractivity contribution in [1.82, 2.24) is 0 Å².